The van der Waals surface area contributed by atoms with Gasteiger partial charge in [-0.25, -0.2) is 14.5 Å². The van der Waals surface area contributed by atoms with Crippen LogP contribution in [0.25, 0.3) is 28.2 Å². The smallest absolute Gasteiger partial charge is 0.250 e. The fraction of sp³-hybridized carbons (Fsp3) is 0.292. The molecule has 4 rings (SSSR count). The van der Waals surface area contributed by atoms with Gasteiger partial charge >= 0.3 is 0 Å². The van der Waals surface area contributed by atoms with Crippen LogP contribution in [0.4, 0.5) is 0 Å². The lowest BCUT2D eigenvalue weighted by atomic mass is 10.1. The Morgan fingerprint density at radius 3 is 2.21 bits per heavy atom. The van der Waals surface area contributed by atoms with Crippen molar-refractivity contribution in [3.8, 4) is 17.2 Å². The molecule has 0 aliphatic rings. The zero-order chi connectivity index (χ0) is 20.0. The molecule has 0 saturated carbocycles. The third-order valence-electron chi connectivity index (χ3n) is 5.47. The van der Waals surface area contributed by atoms with Crippen LogP contribution in [0.5, 0.6) is 0 Å². The van der Waals surface area contributed by atoms with E-state index in [2.05, 4.69) is 85.5 Å². The number of hydrogen-bond donors (Lipinski definition) is 0. The first-order valence-electron chi connectivity index (χ1n) is 9.81. The summed E-state index contributed by atoms with van der Waals surface area (Å²) >= 11 is 0. The first-order valence-corrected chi connectivity index (χ1v) is 9.81. The van der Waals surface area contributed by atoms with Gasteiger partial charge in [0.15, 0.2) is 11.0 Å². The number of hydrogen-bond acceptors (Lipinski definition) is 2. The van der Waals surface area contributed by atoms with E-state index < -0.39 is 0 Å². The molecule has 0 aliphatic carbocycles. The molecule has 0 unspecified atom stereocenters. The highest BCUT2D eigenvalue weighted by Gasteiger charge is 2.30. The number of benzene rings is 2. The second-order valence-corrected chi connectivity index (χ2v) is 7.78. The molecule has 2 heterocycles. The SMILES string of the molecule is Cc1ccccc1-c1n(-c2nc(C)c(C)nc2C(C)C)c2ccccc2[n+]1C. The summed E-state index contributed by atoms with van der Waals surface area (Å²) in [6.07, 6.45) is 0. The van der Waals surface area contributed by atoms with Crippen LogP contribution in [-0.4, -0.2) is 14.5 Å². The van der Waals surface area contributed by atoms with E-state index >= 15 is 0 Å². The maximum Gasteiger partial charge on any atom is 0.296 e. The van der Waals surface area contributed by atoms with Gasteiger partial charge in [-0.1, -0.05) is 44.2 Å². The molecular weight excluding hydrogens is 344 g/mol. The molecule has 2 aromatic carbocycles. The van der Waals surface area contributed by atoms with Gasteiger partial charge in [-0.3, -0.25) is 0 Å². The van der Waals surface area contributed by atoms with Gasteiger partial charge in [-0.15, -0.1) is 0 Å². The molecule has 0 aliphatic heterocycles. The number of imidazole rings is 1. The van der Waals surface area contributed by atoms with Gasteiger partial charge in [-0.05, 0) is 44.5 Å². The van der Waals surface area contributed by atoms with E-state index in [0.29, 0.717) is 0 Å². The largest absolute Gasteiger partial charge is 0.296 e. The third-order valence-corrected chi connectivity index (χ3v) is 5.47. The summed E-state index contributed by atoms with van der Waals surface area (Å²) in [7, 11) is 2.13. The van der Waals surface area contributed by atoms with E-state index in [1.165, 1.54) is 16.6 Å². The van der Waals surface area contributed by atoms with Gasteiger partial charge in [0.25, 0.3) is 5.82 Å². The lowest BCUT2D eigenvalue weighted by molar-refractivity contribution is -0.633. The van der Waals surface area contributed by atoms with Gasteiger partial charge in [0.2, 0.25) is 5.82 Å². The van der Waals surface area contributed by atoms with Crippen LogP contribution in [0, 0.1) is 20.8 Å². The van der Waals surface area contributed by atoms with Crippen molar-refractivity contribution in [2.45, 2.75) is 40.5 Å². The Hall–Kier alpha value is -3.01. The zero-order valence-electron chi connectivity index (χ0n) is 17.5. The van der Waals surface area contributed by atoms with E-state index in [1.54, 1.807) is 0 Å². The predicted octanol–water partition coefficient (Wildman–Crippen LogP) is 4.96. The van der Waals surface area contributed by atoms with Crippen molar-refractivity contribution in [1.82, 2.24) is 14.5 Å². The number of nitrogens with zero attached hydrogens (tertiary/aromatic N) is 4. The highest BCUT2D eigenvalue weighted by atomic mass is 15.2. The maximum absolute atomic E-state index is 5.03. The number of fused-ring (bicyclic) bond motifs is 1. The molecule has 4 heteroatoms. The van der Waals surface area contributed by atoms with E-state index in [9.17, 15) is 0 Å². The van der Waals surface area contributed by atoms with E-state index in [0.717, 1.165) is 34.2 Å². The van der Waals surface area contributed by atoms with Gasteiger partial charge in [0.05, 0.1) is 24.0 Å². The summed E-state index contributed by atoms with van der Waals surface area (Å²) in [4.78, 5) is 9.96. The van der Waals surface area contributed by atoms with Gasteiger partial charge < -0.3 is 0 Å². The fourth-order valence-corrected chi connectivity index (χ4v) is 3.81. The molecule has 28 heavy (non-hydrogen) atoms. The molecule has 4 nitrogen and oxygen atoms in total. The number of rotatable bonds is 3. The topological polar surface area (TPSA) is 34.6 Å². The van der Waals surface area contributed by atoms with Crippen molar-refractivity contribution >= 4 is 11.0 Å². The molecule has 142 valence electrons. The Kier molecular flexibility index (Phi) is 4.50. The molecule has 0 radical (unpaired) electrons. The Morgan fingerprint density at radius 2 is 1.50 bits per heavy atom. The first kappa shape index (κ1) is 18.4. The molecule has 4 aromatic rings. The fourth-order valence-electron chi connectivity index (χ4n) is 3.81. The molecule has 0 N–H and O–H groups in total. The van der Waals surface area contributed by atoms with Crippen LogP contribution in [0.2, 0.25) is 0 Å². The molecule has 0 fully saturated rings. The zero-order valence-corrected chi connectivity index (χ0v) is 17.5. The van der Waals surface area contributed by atoms with Crippen LogP contribution in [0.3, 0.4) is 0 Å². The molecule has 0 bridgehead atoms. The van der Waals surface area contributed by atoms with Crippen LogP contribution in [0.1, 0.15) is 42.4 Å². The van der Waals surface area contributed by atoms with Crippen molar-refractivity contribution in [2.24, 2.45) is 7.05 Å². The second kappa shape index (κ2) is 6.86. The standard InChI is InChI=1S/C24H27N4/c1-15(2)22-23(26-18(5)17(4)25-22)28-21-14-10-9-13-20(21)27(6)24(28)19-12-8-7-11-16(19)3/h7-15H,1-6H3/q+1. The number of aromatic nitrogens is 4. The quantitative estimate of drug-likeness (QED) is 0.477. The average molecular weight is 372 g/mol. The minimum atomic E-state index is 0.276. The van der Waals surface area contributed by atoms with E-state index in [4.69, 9.17) is 9.97 Å². The number of aryl methyl sites for hydroxylation is 4. The third kappa shape index (κ3) is 2.80. The van der Waals surface area contributed by atoms with Crippen molar-refractivity contribution in [3.05, 3.63) is 71.2 Å². The summed E-state index contributed by atoms with van der Waals surface area (Å²) in [5.74, 6) is 2.32. The molecule has 0 saturated heterocycles. The van der Waals surface area contributed by atoms with Crippen molar-refractivity contribution in [2.75, 3.05) is 0 Å². The monoisotopic (exact) mass is 371 g/mol. The Morgan fingerprint density at radius 1 is 0.857 bits per heavy atom. The van der Waals surface area contributed by atoms with Gasteiger partial charge in [0.1, 0.15) is 5.69 Å². The average Bonchev–Trinajstić information content (AvgIpc) is 2.96. The minimum absolute atomic E-state index is 0.276. The molecule has 2 aromatic heterocycles. The summed E-state index contributed by atoms with van der Waals surface area (Å²) in [5.41, 5.74) is 7.75. The molecule has 0 spiro atoms. The normalized spacial score (nSPS) is 11.5. The summed E-state index contributed by atoms with van der Waals surface area (Å²) < 4.78 is 4.55. The van der Waals surface area contributed by atoms with Crippen LogP contribution >= 0.6 is 0 Å². The van der Waals surface area contributed by atoms with Gasteiger partial charge in [0, 0.05) is 5.92 Å². The minimum Gasteiger partial charge on any atom is -0.250 e. The lowest BCUT2D eigenvalue weighted by Gasteiger charge is -2.13. The van der Waals surface area contributed by atoms with Crippen LogP contribution < -0.4 is 4.57 Å². The summed E-state index contributed by atoms with van der Waals surface area (Å²) in [5, 5.41) is 0. The van der Waals surface area contributed by atoms with E-state index in [-0.39, 0.29) is 5.92 Å². The van der Waals surface area contributed by atoms with Crippen molar-refractivity contribution < 1.29 is 4.57 Å². The van der Waals surface area contributed by atoms with Crippen molar-refractivity contribution in [1.29, 1.82) is 0 Å². The van der Waals surface area contributed by atoms with Crippen LogP contribution in [0.15, 0.2) is 48.5 Å². The maximum atomic E-state index is 5.03. The molecular formula is C24H27N4+. The van der Waals surface area contributed by atoms with Crippen molar-refractivity contribution in [3.63, 3.8) is 0 Å². The second-order valence-electron chi connectivity index (χ2n) is 7.78. The van der Waals surface area contributed by atoms with Gasteiger partial charge in [-0.2, -0.15) is 4.57 Å². The van der Waals surface area contributed by atoms with Crippen LogP contribution in [-0.2, 0) is 7.05 Å². The lowest BCUT2D eigenvalue weighted by Crippen LogP contribution is -2.30. The highest BCUT2D eigenvalue weighted by molar-refractivity contribution is 5.79. The Bertz CT molecular complexity index is 1180. The molecule has 0 atom stereocenters. The predicted molar refractivity (Wildman–Crippen MR) is 114 cm³/mol. The Balaban J connectivity index is 2.19. The number of para-hydroxylation sites is 2. The summed E-state index contributed by atoms with van der Waals surface area (Å²) in [6.45, 7) is 10.6. The summed E-state index contributed by atoms with van der Waals surface area (Å²) in [6, 6.07) is 17.0. The van der Waals surface area contributed by atoms with E-state index in [1.807, 2.05) is 13.8 Å². The Labute approximate surface area is 166 Å². The molecule has 0 amide bonds. The highest BCUT2D eigenvalue weighted by Crippen LogP contribution is 2.31. The first-order chi connectivity index (χ1) is 13.4.